The Labute approximate surface area is 198 Å². The van der Waals surface area contributed by atoms with Crippen molar-refractivity contribution in [2.24, 2.45) is 0 Å². The summed E-state index contributed by atoms with van der Waals surface area (Å²) >= 11 is 6.05. The molecule has 0 aromatic heterocycles. The highest BCUT2D eigenvalue weighted by Gasteiger charge is 2.20. The Morgan fingerprint density at radius 2 is 1.52 bits per heavy atom. The molecule has 6 nitrogen and oxygen atoms in total. The number of esters is 1. The Morgan fingerprint density at radius 1 is 0.909 bits per heavy atom. The van der Waals surface area contributed by atoms with Crippen LogP contribution in [0.1, 0.15) is 21.5 Å². The first-order valence-corrected chi connectivity index (χ1v) is 12.5. The molecule has 0 radical (unpaired) electrons. The van der Waals surface area contributed by atoms with Crippen LogP contribution in [0.25, 0.3) is 0 Å². The van der Waals surface area contributed by atoms with Crippen LogP contribution in [0.5, 0.6) is 0 Å². The summed E-state index contributed by atoms with van der Waals surface area (Å²) in [6, 6.07) is 23.1. The normalized spacial score (nSPS) is 11.1. The second-order valence-corrected chi connectivity index (χ2v) is 9.95. The summed E-state index contributed by atoms with van der Waals surface area (Å²) < 4.78 is 28.8. The number of nitrogens with zero attached hydrogens (tertiary/aromatic N) is 1. The molecule has 172 valence electrons. The summed E-state index contributed by atoms with van der Waals surface area (Å²) in [5.74, 6) is -1.22. The van der Waals surface area contributed by atoms with E-state index in [0.29, 0.717) is 19.5 Å². The number of hydrogen-bond donors (Lipinski definition) is 0. The Bertz CT molecular complexity index is 1210. The predicted octanol–water partition coefficient (Wildman–Crippen LogP) is 4.17. The van der Waals surface area contributed by atoms with Gasteiger partial charge in [0.15, 0.2) is 16.4 Å². The van der Waals surface area contributed by atoms with Gasteiger partial charge in [0.2, 0.25) is 0 Å². The lowest BCUT2D eigenvalue weighted by molar-refractivity contribution is -0.135. The quantitative estimate of drug-likeness (QED) is 0.425. The summed E-state index contributed by atoms with van der Waals surface area (Å²) in [5.41, 5.74) is 1.94. The van der Waals surface area contributed by atoms with Crippen LogP contribution in [0.3, 0.4) is 0 Å². The van der Waals surface area contributed by atoms with Crippen LogP contribution in [0, 0.1) is 0 Å². The van der Waals surface area contributed by atoms with Crippen LogP contribution in [0.2, 0.25) is 5.02 Å². The highest BCUT2D eigenvalue weighted by atomic mass is 35.5. The Morgan fingerprint density at radius 3 is 2.12 bits per heavy atom. The molecule has 1 amide bonds. The Kier molecular flexibility index (Phi) is 8.25. The van der Waals surface area contributed by atoms with Gasteiger partial charge in [-0.15, -0.1) is 0 Å². The number of ether oxygens (including phenoxy) is 1. The van der Waals surface area contributed by atoms with Crippen molar-refractivity contribution in [3.63, 3.8) is 0 Å². The SMILES string of the molecule is CS(=O)(=O)c1ccc(Cl)c(C(=O)OCC(=O)N(CCc2ccccc2)Cc2ccccc2)c1. The molecule has 0 aliphatic heterocycles. The third kappa shape index (κ3) is 7.17. The van der Waals surface area contributed by atoms with Gasteiger partial charge in [-0.25, -0.2) is 13.2 Å². The van der Waals surface area contributed by atoms with Gasteiger partial charge in [0.25, 0.3) is 5.91 Å². The summed E-state index contributed by atoms with van der Waals surface area (Å²) in [6.45, 7) is 0.327. The van der Waals surface area contributed by atoms with Crippen molar-refractivity contribution in [2.75, 3.05) is 19.4 Å². The Hall–Kier alpha value is -3.16. The minimum Gasteiger partial charge on any atom is -0.452 e. The van der Waals surface area contributed by atoms with Gasteiger partial charge in [-0.3, -0.25) is 4.79 Å². The van der Waals surface area contributed by atoms with Crippen molar-refractivity contribution in [2.45, 2.75) is 17.9 Å². The molecular formula is C25H24ClNO5S. The van der Waals surface area contributed by atoms with Gasteiger partial charge in [-0.2, -0.15) is 0 Å². The van der Waals surface area contributed by atoms with E-state index in [1.54, 1.807) is 4.90 Å². The summed E-state index contributed by atoms with van der Waals surface area (Å²) in [5, 5.41) is 0.0464. The van der Waals surface area contributed by atoms with Gasteiger partial charge < -0.3 is 9.64 Å². The standard InChI is InChI=1S/C25H24ClNO5S/c1-33(30,31)21-12-13-23(26)22(16-21)25(29)32-18-24(28)27(17-20-10-6-3-7-11-20)15-14-19-8-4-2-5-9-19/h2-13,16H,14-15,17-18H2,1H3. The number of amides is 1. The van der Waals surface area contributed by atoms with E-state index in [1.807, 2.05) is 60.7 Å². The lowest BCUT2D eigenvalue weighted by Gasteiger charge is -2.23. The van der Waals surface area contributed by atoms with Crippen LogP contribution in [0.15, 0.2) is 83.8 Å². The molecule has 8 heteroatoms. The molecule has 0 atom stereocenters. The highest BCUT2D eigenvalue weighted by Crippen LogP contribution is 2.21. The van der Waals surface area contributed by atoms with E-state index in [0.717, 1.165) is 23.4 Å². The fourth-order valence-corrected chi connectivity index (χ4v) is 4.03. The molecular weight excluding hydrogens is 462 g/mol. The minimum absolute atomic E-state index is 0.0464. The molecule has 0 saturated heterocycles. The first-order chi connectivity index (χ1) is 15.7. The van der Waals surface area contributed by atoms with Gasteiger partial charge in [-0.05, 0) is 35.7 Å². The maximum atomic E-state index is 12.9. The maximum Gasteiger partial charge on any atom is 0.340 e. The largest absolute Gasteiger partial charge is 0.452 e. The van der Waals surface area contributed by atoms with E-state index in [4.69, 9.17) is 16.3 Å². The maximum absolute atomic E-state index is 12.9. The van der Waals surface area contributed by atoms with E-state index >= 15 is 0 Å². The van der Waals surface area contributed by atoms with Crippen molar-refractivity contribution in [1.29, 1.82) is 0 Å². The monoisotopic (exact) mass is 485 g/mol. The lowest BCUT2D eigenvalue weighted by atomic mass is 10.1. The number of benzene rings is 3. The van der Waals surface area contributed by atoms with Crippen LogP contribution in [-0.2, 0) is 32.3 Å². The first kappa shape index (κ1) is 24.5. The smallest absolute Gasteiger partial charge is 0.340 e. The van der Waals surface area contributed by atoms with Crippen LogP contribution < -0.4 is 0 Å². The number of hydrogen-bond acceptors (Lipinski definition) is 5. The van der Waals surface area contributed by atoms with Gasteiger partial charge in [-0.1, -0.05) is 72.3 Å². The number of carbonyl (C=O) groups excluding carboxylic acids is 2. The van der Waals surface area contributed by atoms with E-state index < -0.39 is 22.4 Å². The van der Waals surface area contributed by atoms with Gasteiger partial charge in [0.05, 0.1) is 15.5 Å². The molecule has 0 N–H and O–H groups in total. The zero-order valence-corrected chi connectivity index (χ0v) is 19.7. The lowest BCUT2D eigenvalue weighted by Crippen LogP contribution is -2.36. The van der Waals surface area contributed by atoms with Crippen molar-refractivity contribution in [3.8, 4) is 0 Å². The average Bonchev–Trinajstić information content (AvgIpc) is 2.80. The molecule has 0 spiro atoms. The number of halogens is 1. The Balaban J connectivity index is 1.70. The summed E-state index contributed by atoms with van der Waals surface area (Å²) in [7, 11) is -3.53. The summed E-state index contributed by atoms with van der Waals surface area (Å²) in [6.07, 6.45) is 1.68. The van der Waals surface area contributed by atoms with Crippen LogP contribution >= 0.6 is 11.6 Å². The van der Waals surface area contributed by atoms with Crippen LogP contribution in [-0.4, -0.2) is 44.6 Å². The molecule has 33 heavy (non-hydrogen) atoms. The molecule has 0 unspecified atom stereocenters. The molecule has 0 heterocycles. The molecule has 0 aliphatic carbocycles. The molecule has 3 aromatic rings. The van der Waals surface area contributed by atoms with E-state index in [-0.39, 0.29) is 21.4 Å². The number of sulfone groups is 1. The van der Waals surface area contributed by atoms with Crippen molar-refractivity contribution < 1.29 is 22.7 Å². The van der Waals surface area contributed by atoms with E-state index in [1.165, 1.54) is 12.1 Å². The number of carbonyl (C=O) groups is 2. The second-order valence-electron chi connectivity index (χ2n) is 7.53. The fourth-order valence-electron chi connectivity index (χ4n) is 3.19. The minimum atomic E-state index is -3.53. The summed E-state index contributed by atoms with van der Waals surface area (Å²) in [4.78, 5) is 27.0. The molecule has 0 bridgehead atoms. The van der Waals surface area contributed by atoms with Crippen LogP contribution in [0.4, 0.5) is 0 Å². The molecule has 0 saturated carbocycles. The van der Waals surface area contributed by atoms with E-state index in [9.17, 15) is 18.0 Å². The molecule has 0 fully saturated rings. The topological polar surface area (TPSA) is 80.7 Å². The second kappa shape index (κ2) is 11.1. The zero-order valence-electron chi connectivity index (χ0n) is 18.1. The highest BCUT2D eigenvalue weighted by molar-refractivity contribution is 7.90. The number of rotatable bonds is 9. The van der Waals surface area contributed by atoms with Gasteiger partial charge >= 0.3 is 5.97 Å². The van der Waals surface area contributed by atoms with Gasteiger partial charge in [0, 0.05) is 19.3 Å². The fraction of sp³-hybridized carbons (Fsp3) is 0.200. The predicted molar refractivity (Wildman–Crippen MR) is 127 cm³/mol. The average molecular weight is 486 g/mol. The van der Waals surface area contributed by atoms with E-state index in [2.05, 4.69) is 0 Å². The third-order valence-corrected chi connectivity index (χ3v) is 6.43. The third-order valence-electron chi connectivity index (χ3n) is 4.99. The molecule has 3 aromatic carbocycles. The van der Waals surface area contributed by atoms with Gasteiger partial charge in [0.1, 0.15) is 0 Å². The van der Waals surface area contributed by atoms with Crippen molar-refractivity contribution in [3.05, 3.63) is 101 Å². The van der Waals surface area contributed by atoms with Crippen molar-refractivity contribution >= 4 is 33.3 Å². The molecule has 3 rings (SSSR count). The molecule has 0 aliphatic rings. The zero-order chi connectivity index (χ0) is 23.8. The first-order valence-electron chi connectivity index (χ1n) is 10.3. The van der Waals surface area contributed by atoms with Crippen molar-refractivity contribution in [1.82, 2.24) is 4.90 Å².